The Balaban J connectivity index is 1.12. The molecule has 1 saturated carbocycles. The predicted octanol–water partition coefficient (Wildman–Crippen LogP) is 4.17. The van der Waals surface area contributed by atoms with Crippen molar-refractivity contribution in [3.8, 4) is 0 Å². The maximum absolute atomic E-state index is 12.5. The maximum Gasteiger partial charge on any atom is 0.410 e. The summed E-state index contributed by atoms with van der Waals surface area (Å²) in [6, 6.07) is 8.75. The molecule has 0 aromatic heterocycles. The van der Waals surface area contributed by atoms with Crippen LogP contribution in [0.3, 0.4) is 0 Å². The molecular weight excluding hydrogens is 414 g/mol. The average molecular weight is 454 g/mol. The van der Waals surface area contributed by atoms with Crippen molar-refractivity contribution < 1.29 is 14.3 Å². The summed E-state index contributed by atoms with van der Waals surface area (Å²) in [5, 5.41) is 0. The van der Waals surface area contributed by atoms with E-state index in [4.69, 9.17) is 4.74 Å². The van der Waals surface area contributed by atoms with Crippen molar-refractivity contribution in [2.24, 2.45) is 5.92 Å². The molecule has 1 aliphatic carbocycles. The van der Waals surface area contributed by atoms with Crippen molar-refractivity contribution in [3.05, 3.63) is 35.4 Å². The maximum atomic E-state index is 12.5. The Morgan fingerprint density at radius 2 is 1.67 bits per heavy atom. The van der Waals surface area contributed by atoms with E-state index in [1.807, 2.05) is 9.80 Å². The Hall–Kier alpha value is -2.08. The lowest BCUT2D eigenvalue weighted by Crippen LogP contribution is -2.53. The van der Waals surface area contributed by atoms with E-state index < -0.39 is 0 Å². The third-order valence-corrected chi connectivity index (χ3v) is 8.66. The zero-order chi connectivity index (χ0) is 22.8. The van der Waals surface area contributed by atoms with Crippen LogP contribution in [0.4, 0.5) is 4.79 Å². The molecule has 1 aromatic carbocycles. The smallest absolute Gasteiger partial charge is 0.410 e. The number of rotatable bonds is 3. The highest BCUT2D eigenvalue weighted by Crippen LogP contribution is 2.42. The first-order valence-electron chi connectivity index (χ1n) is 13.0. The highest BCUT2D eigenvalue weighted by Gasteiger charge is 2.42. The summed E-state index contributed by atoms with van der Waals surface area (Å²) < 4.78 is 5.70. The zero-order valence-electron chi connectivity index (χ0n) is 20.1. The number of carbonyl (C=O) groups excluding carboxylic acids is 2. The van der Waals surface area contributed by atoms with E-state index in [9.17, 15) is 9.59 Å². The van der Waals surface area contributed by atoms with Gasteiger partial charge in [0.2, 0.25) is 5.91 Å². The summed E-state index contributed by atoms with van der Waals surface area (Å²) in [6.45, 7) is 8.26. The van der Waals surface area contributed by atoms with E-state index in [1.54, 1.807) is 6.92 Å². The molecule has 3 heterocycles. The Morgan fingerprint density at radius 3 is 2.36 bits per heavy atom. The fraction of sp³-hybridized carbons (Fsp3) is 0.704. The average Bonchev–Trinajstić information content (AvgIpc) is 3.34. The molecular formula is C27H39N3O3. The van der Waals surface area contributed by atoms with E-state index >= 15 is 0 Å². The predicted molar refractivity (Wildman–Crippen MR) is 128 cm³/mol. The van der Waals surface area contributed by atoms with E-state index in [1.165, 1.54) is 24.0 Å². The van der Waals surface area contributed by atoms with Crippen LogP contribution in [0, 0.1) is 5.92 Å². The molecule has 3 fully saturated rings. The normalized spacial score (nSPS) is 24.2. The fourth-order valence-electron chi connectivity index (χ4n) is 6.59. The standard InChI is InChI=1S/C27H39N3O3/c1-21(31)30-19-23-6-2-5-9-25(23)27(20-30)12-16-28(17-13-27)18-22-10-14-29(15-11-22)26(32)33-24-7-3-4-8-24/h2,5-6,9,22,24H,3-4,7-8,10-20H2,1H3. The molecule has 180 valence electrons. The SMILES string of the molecule is CC(=O)N1Cc2ccccc2C2(CCN(CC3CCN(C(=O)OC4CCCC4)CC3)CC2)C1. The number of benzene rings is 1. The van der Waals surface area contributed by atoms with Crippen LogP contribution < -0.4 is 0 Å². The molecule has 2 amide bonds. The van der Waals surface area contributed by atoms with Crippen LogP contribution >= 0.6 is 0 Å². The zero-order valence-corrected chi connectivity index (χ0v) is 20.1. The number of amides is 2. The first kappa shape index (κ1) is 22.7. The molecule has 1 aromatic rings. The molecule has 4 aliphatic rings. The van der Waals surface area contributed by atoms with Gasteiger partial charge in [-0.25, -0.2) is 4.79 Å². The molecule has 3 aliphatic heterocycles. The van der Waals surface area contributed by atoms with Crippen molar-refractivity contribution in [2.75, 3.05) is 39.3 Å². The quantitative estimate of drug-likeness (QED) is 0.689. The molecule has 0 unspecified atom stereocenters. The van der Waals surface area contributed by atoms with Gasteiger partial charge >= 0.3 is 6.09 Å². The molecule has 33 heavy (non-hydrogen) atoms. The summed E-state index contributed by atoms with van der Waals surface area (Å²) in [6.07, 6.45) is 8.88. The molecule has 5 rings (SSSR count). The van der Waals surface area contributed by atoms with Crippen molar-refractivity contribution in [3.63, 3.8) is 0 Å². The van der Waals surface area contributed by atoms with Crippen LogP contribution in [0.1, 0.15) is 69.4 Å². The molecule has 6 nitrogen and oxygen atoms in total. The van der Waals surface area contributed by atoms with Gasteiger partial charge in [-0.1, -0.05) is 24.3 Å². The van der Waals surface area contributed by atoms with Crippen molar-refractivity contribution in [1.29, 1.82) is 0 Å². The van der Waals surface area contributed by atoms with Gasteiger partial charge in [-0.3, -0.25) is 4.79 Å². The molecule has 0 radical (unpaired) electrons. The van der Waals surface area contributed by atoms with Gasteiger partial charge in [-0.15, -0.1) is 0 Å². The number of fused-ring (bicyclic) bond motifs is 2. The molecule has 0 N–H and O–H groups in total. The Kier molecular flexibility index (Phi) is 6.64. The van der Waals surface area contributed by atoms with Crippen LogP contribution in [0.25, 0.3) is 0 Å². The molecule has 0 atom stereocenters. The second-order valence-electron chi connectivity index (χ2n) is 10.8. The van der Waals surface area contributed by atoms with E-state index in [-0.39, 0.29) is 23.5 Å². The second kappa shape index (κ2) is 9.65. The van der Waals surface area contributed by atoms with Gasteiger partial charge in [0.05, 0.1) is 0 Å². The topological polar surface area (TPSA) is 53.1 Å². The lowest BCUT2D eigenvalue weighted by atomic mass is 9.68. The molecule has 2 saturated heterocycles. The minimum Gasteiger partial charge on any atom is -0.446 e. The minimum atomic E-state index is -0.0914. The summed E-state index contributed by atoms with van der Waals surface area (Å²) in [5.41, 5.74) is 2.89. The van der Waals surface area contributed by atoms with Gasteiger partial charge < -0.3 is 19.4 Å². The Morgan fingerprint density at radius 1 is 0.970 bits per heavy atom. The summed E-state index contributed by atoms with van der Waals surface area (Å²) in [5.74, 6) is 0.839. The number of hydrogen-bond donors (Lipinski definition) is 0. The third kappa shape index (κ3) is 4.91. The van der Waals surface area contributed by atoms with E-state index in [0.717, 1.165) is 84.3 Å². The van der Waals surface area contributed by atoms with E-state index in [2.05, 4.69) is 29.2 Å². The van der Waals surface area contributed by atoms with Crippen LogP contribution in [-0.2, 0) is 21.5 Å². The lowest BCUT2D eigenvalue weighted by Gasteiger charge is -2.49. The first-order valence-corrected chi connectivity index (χ1v) is 13.0. The number of piperidine rings is 2. The summed E-state index contributed by atoms with van der Waals surface area (Å²) in [7, 11) is 0. The number of likely N-dealkylation sites (tertiary alicyclic amines) is 2. The van der Waals surface area contributed by atoms with Crippen LogP contribution in [0.5, 0.6) is 0 Å². The molecule has 6 heteroatoms. The van der Waals surface area contributed by atoms with Gasteiger partial charge in [0.25, 0.3) is 0 Å². The van der Waals surface area contributed by atoms with Gasteiger partial charge in [0.1, 0.15) is 6.10 Å². The summed E-state index contributed by atoms with van der Waals surface area (Å²) >= 11 is 0. The largest absolute Gasteiger partial charge is 0.446 e. The van der Waals surface area contributed by atoms with Crippen molar-refractivity contribution >= 4 is 12.0 Å². The highest BCUT2D eigenvalue weighted by molar-refractivity contribution is 5.74. The lowest BCUT2D eigenvalue weighted by molar-refractivity contribution is -0.131. The van der Waals surface area contributed by atoms with Gasteiger partial charge in [0.15, 0.2) is 0 Å². The number of ether oxygens (including phenoxy) is 1. The van der Waals surface area contributed by atoms with Crippen molar-refractivity contribution in [2.45, 2.75) is 76.4 Å². The Labute approximate surface area is 198 Å². The highest BCUT2D eigenvalue weighted by atomic mass is 16.6. The monoisotopic (exact) mass is 453 g/mol. The third-order valence-electron chi connectivity index (χ3n) is 8.66. The van der Waals surface area contributed by atoms with Crippen LogP contribution in [0.15, 0.2) is 24.3 Å². The fourth-order valence-corrected chi connectivity index (χ4v) is 6.59. The van der Waals surface area contributed by atoms with Crippen molar-refractivity contribution in [1.82, 2.24) is 14.7 Å². The van der Waals surface area contributed by atoms with Gasteiger partial charge in [0, 0.05) is 45.1 Å². The molecule has 0 bridgehead atoms. The molecule has 1 spiro atoms. The van der Waals surface area contributed by atoms with Gasteiger partial charge in [-0.2, -0.15) is 0 Å². The van der Waals surface area contributed by atoms with Crippen LogP contribution in [-0.4, -0.2) is 72.1 Å². The number of carbonyl (C=O) groups is 2. The minimum absolute atomic E-state index is 0.0914. The number of hydrogen-bond acceptors (Lipinski definition) is 4. The van der Waals surface area contributed by atoms with Crippen LogP contribution in [0.2, 0.25) is 0 Å². The number of nitrogens with zero attached hydrogens (tertiary/aromatic N) is 3. The van der Waals surface area contributed by atoms with Gasteiger partial charge in [-0.05, 0) is 81.5 Å². The van der Waals surface area contributed by atoms with E-state index in [0.29, 0.717) is 5.92 Å². The Bertz CT molecular complexity index is 850. The first-order chi connectivity index (χ1) is 16.0. The summed E-state index contributed by atoms with van der Waals surface area (Å²) in [4.78, 5) is 31.3. The second-order valence-corrected chi connectivity index (χ2v) is 10.8.